The Morgan fingerprint density at radius 1 is 1.16 bits per heavy atom. The average molecular weight is 363 g/mol. The smallest absolute Gasteiger partial charge is 0.186 e. The van der Waals surface area contributed by atoms with Crippen molar-refractivity contribution in [3.63, 3.8) is 0 Å². The fraction of sp³-hybridized carbons (Fsp3) is 0.579. The van der Waals surface area contributed by atoms with Crippen molar-refractivity contribution in [2.24, 2.45) is 5.10 Å². The van der Waals surface area contributed by atoms with Crippen molar-refractivity contribution in [2.45, 2.75) is 34.1 Å². The molecule has 0 amide bonds. The molecule has 0 saturated carbocycles. The zero-order valence-electron chi connectivity index (χ0n) is 15.8. The summed E-state index contributed by atoms with van der Waals surface area (Å²) >= 11 is 5.31. The minimum atomic E-state index is 0.572. The first kappa shape index (κ1) is 19.8. The van der Waals surface area contributed by atoms with E-state index < -0.39 is 0 Å². The lowest BCUT2D eigenvalue weighted by Gasteiger charge is -2.26. The second-order valence-corrected chi connectivity index (χ2v) is 7.03. The minimum Gasteiger partial charge on any atom is -0.379 e. The van der Waals surface area contributed by atoms with Crippen LogP contribution in [0.5, 0.6) is 0 Å². The number of benzene rings is 1. The number of rotatable bonds is 6. The lowest BCUT2D eigenvalue weighted by molar-refractivity contribution is 0.0376. The van der Waals surface area contributed by atoms with Crippen molar-refractivity contribution >= 4 is 23.0 Å². The van der Waals surface area contributed by atoms with Crippen molar-refractivity contribution in [1.29, 1.82) is 0 Å². The molecule has 0 aromatic heterocycles. The van der Waals surface area contributed by atoms with E-state index in [1.165, 1.54) is 16.7 Å². The number of hydrogen-bond acceptors (Lipinski definition) is 4. The summed E-state index contributed by atoms with van der Waals surface area (Å²) in [6.07, 6.45) is 1.06. The van der Waals surface area contributed by atoms with Gasteiger partial charge in [0.15, 0.2) is 5.11 Å². The molecule has 0 radical (unpaired) electrons. The first-order chi connectivity index (χ1) is 12.0. The largest absolute Gasteiger partial charge is 0.379 e. The lowest BCUT2D eigenvalue weighted by Crippen LogP contribution is -2.39. The van der Waals surface area contributed by atoms with Gasteiger partial charge in [0, 0.05) is 25.2 Å². The van der Waals surface area contributed by atoms with Crippen LogP contribution in [0.25, 0.3) is 0 Å². The number of thiocarbonyl (C=S) groups is 1. The van der Waals surface area contributed by atoms with Crippen LogP contribution in [0.3, 0.4) is 0 Å². The third-order valence-electron chi connectivity index (χ3n) is 4.60. The van der Waals surface area contributed by atoms with Gasteiger partial charge in [-0.15, -0.1) is 0 Å². The van der Waals surface area contributed by atoms with Crippen LogP contribution in [0, 0.1) is 20.8 Å². The lowest BCUT2D eigenvalue weighted by atomic mass is 9.98. The fourth-order valence-corrected chi connectivity index (χ4v) is 3.06. The molecule has 0 unspecified atom stereocenters. The second-order valence-electron chi connectivity index (χ2n) is 6.62. The molecule has 1 aliphatic heterocycles. The molecule has 0 spiro atoms. The van der Waals surface area contributed by atoms with E-state index in [9.17, 15) is 0 Å². The molecular weight excluding hydrogens is 332 g/mol. The van der Waals surface area contributed by atoms with Crippen LogP contribution >= 0.6 is 12.2 Å². The Labute approximate surface area is 156 Å². The molecule has 25 heavy (non-hydrogen) atoms. The maximum Gasteiger partial charge on any atom is 0.186 e. The first-order valence-electron chi connectivity index (χ1n) is 8.94. The van der Waals surface area contributed by atoms with Crippen molar-refractivity contribution < 1.29 is 4.74 Å². The Kier molecular flexibility index (Phi) is 7.81. The number of morpholine rings is 1. The van der Waals surface area contributed by atoms with E-state index >= 15 is 0 Å². The van der Waals surface area contributed by atoms with Gasteiger partial charge in [-0.05, 0) is 75.6 Å². The van der Waals surface area contributed by atoms with E-state index in [0.717, 1.165) is 57.1 Å². The van der Waals surface area contributed by atoms with Crippen molar-refractivity contribution in [3.05, 3.63) is 34.4 Å². The summed E-state index contributed by atoms with van der Waals surface area (Å²) in [5.74, 6) is 0. The number of nitrogens with zero attached hydrogens (tertiary/aromatic N) is 2. The average Bonchev–Trinajstić information content (AvgIpc) is 2.60. The molecule has 0 atom stereocenters. The summed E-state index contributed by atoms with van der Waals surface area (Å²) in [5.41, 5.74) is 8.87. The highest BCUT2D eigenvalue weighted by atomic mass is 32.1. The molecule has 1 aromatic rings. The molecule has 1 heterocycles. The third-order valence-corrected chi connectivity index (χ3v) is 4.83. The van der Waals surface area contributed by atoms with Crippen LogP contribution < -0.4 is 10.7 Å². The van der Waals surface area contributed by atoms with Gasteiger partial charge in [-0.3, -0.25) is 10.3 Å². The predicted molar refractivity (Wildman–Crippen MR) is 108 cm³/mol. The van der Waals surface area contributed by atoms with Gasteiger partial charge in [0.05, 0.1) is 18.9 Å². The molecule has 0 bridgehead atoms. The monoisotopic (exact) mass is 362 g/mol. The maximum atomic E-state index is 5.35. The molecule has 0 aliphatic carbocycles. The van der Waals surface area contributed by atoms with E-state index in [1.807, 2.05) is 6.92 Å². The zero-order chi connectivity index (χ0) is 18.2. The fourth-order valence-electron chi connectivity index (χ4n) is 2.91. The van der Waals surface area contributed by atoms with Crippen LogP contribution in [0.15, 0.2) is 17.2 Å². The number of hydrazone groups is 1. The summed E-state index contributed by atoms with van der Waals surface area (Å²) in [4.78, 5) is 2.42. The van der Waals surface area contributed by atoms with Crippen molar-refractivity contribution in [1.82, 2.24) is 15.6 Å². The quantitative estimate of drug-likeness (QED) is 0.352. The molecule has 1 aromatic carbocycles. The molecule has 1 saturated heterocycles. The van der Waals surface area contributed by atoms with Gasteiger partial charge >= 0.3 is 0 Å². The summed E-state index contributed by atoms with van der Waals surface area (Å²) in [6, 6.07) is 4.38. The Morgan fingerprint density at radius 3 is 2.56 bits per heavy atom. The summed E-state index contributed by atoms with van der Waals surface area (Å²) in [5, 5.41) is 8.22. The molecule has 2 N–H and O–H groups in total. The minimum absolute atomic E-state index is 0.572. The van der Waals surface area contributed by atoms with Crippen molar-refractivity contribution in [2.75, 3.05) is 39.4 Å². The number of aryl methyl sites for hydroxylation is 3. The highest BCUT2D eigenvalue weighted by Crippen LogP contribution is 2.16. The SMILES string of the molecule is C/C(=N/NC(=S)NCCCN1CCOCC1)c1cc(C)c(C)cc1C. The van der Waals surface area contributed by atoms with E-state index in [1.54, 1.807) is 0 Å². The maximum absolute atomic E-state index is 5.35. The van der Waals surface area contributed by atoms with Gasteiger partial charge in [0.2, 0.25) is 0 Å². The van der Waals surface area contributed by atoms with Crippen LogP contribution in [-0.2, 0) is 4.74 Å². The highest BCUT2D eigenvalue weighted by Gasteiger charge is 2.09. The summed E-state index contributed by atoms with van der Waals surface area (Å²) in [6.45, 7) is 14.0. The Balaban J connectivity index is 1.74. The number of nitrogens with one attached hydrogen (secondary N) is 2. The van der Waals surface area contributed by atoms with Crippen LogP contribution in [-0.4, -0.2) is 55.1 Å². The van der Waals surface area contributed by atoms with Gasteiger partial charge in [0.1, 0.15) is 0 Å². The standard InChI is InChI=1S/C19H30N4OS/c1-14-12-16(3)18(13-15(14)2)17(4)21-22-19(25)20-6-5-7-23-8-10-24-11-9-23/h12-13H,5-11H2,1-4H3,(H2,20,22,25)/b21-17-. The van der Waals surface area contributed by atoms with E-state index in [2.05, 4.69) is 53.6 Å². The van der Waals surface area contributed by atoms with Gasteiger partial charge in [-0.1, -0.05) is 6.07 Å². The molecule has 138 valence electrons. The summed E-state index contributed by atoms with van der Waals surface area (Å²) in [7, 11) is 0. The molecule has 6 heteroatoms. The molecular formula is C19H30N4OS. The van der Waals surface area contributed by atoms with E-state index in [-0.39, 0.29) is 0 Å². The van der Waals surface area contributed by atoms with Crippen LogP contribution in [0.2, 0.25) is 0 Å². The normalized spacial score (nSPS) is 15.9. The second kappa shape index (κ2) is 9.85. The molecule has 5 nitrogen and oxygen atoms in total. The third kappa shape index (κ3) is 6.38. The first-order valence-corrected chi connectivity index (χ1v) is 9.34. The van der Waals surface area contributed by atoms with Crippen LogP contribution in [0.4, 0.5) is 0 Å². The topological polar surface area (TPSA) is 48.9 Å². The number of hydrogen-bond donors (Lipinski definition) is 2. The zero-order valence-corrected chi connectivity index (χ0v) is 16.6. The van der Waals surface area contributed by atoms with E-state index in [0.29, 0.717) is 5.11 Å². The predicted octanol–water partition coefficient (Wildman–Crippen LogP) is 2.52. The summed E-state index contributed by atoms with van der Waals surface area (Å²) < 4.78 is 5.35. The molecule has 1 aliphatic rings. The Hall–Kier alpha value is -1.50. The molecule has 1 fully saturated rings. The molecule has 2 rings (SSSR count). The van der Waals surface area contributed by atoms with Gasteiger partial charge in [0.25, 0.3) is 0 Å². The van der Waals surface area contributed by atoms with Gasteiger partial charge in [-0.25, -0.2) is 0 Å². The van der Waals surface area contributed by atoms with Gasteiger partial charge < -0.3 is 10.1 Å². The Morgan fingerprint density at radius 2 is 1.84 bits per heavy atom. The van der Waals surface area contributed by atoms with E-state index in [4.69, 9.17) is 17.0 Å². The van der Waals surface area contributed by atoms with Crippen LogP contribution in [0.1, 0.15) is 35.6 Å². The number of ether oxygens (including phenoxy) is 1. The Bertz CT molecular complexity index is 624. The van der Waals surface area contributed by atoms with Gasteiger partial charge in [-0.2, -0.15) is 5.10 Å². The highest BCUT2D eigenvalue weighted by molar-refractivity contribution is 7.80. The van der Waals surface area contributed by atoms with Crippen molar-refractivity contribution in [3.8, 4) is 0 Å².